The number of anilines is 4. The highest BCUT2D eigenvalue weighted by molar-refractivity contribution is 6.02. The van der Waals surface area contributed by atoms with Gasteiger partial charge >= 0.3 is 0 Å². The Morgan fingerprint density at radius 1 is 1.18 bits per heavy atom. The van der Waals surface area contributed by atoms with Crippen LogP contribution in [-0.2, 0) is 11.8 Å². The molecule has 0 spiro atoms. The van der Waals surface area contributed by atoms with Crippen LogP contribution in [0.15, 0.2) is 61.6 Å². The van der Waals surface area contributed by atoms with E-state index in [1.807, 2.05) is 48.3 Å². The normalized spacial score (nSPS) is 15.2. The van der Waals surface area contributed by atoms with Crippen LogP contribution < -0.4 is 20.3 Å². The number of carbonyl (C=O) groups is 1. The second kappa shape index (κ2) is 10.5. The van der Waals surface area contributed by atoms with Gasteiger partial charge in [-0.1, -0.05) is 12.6 Å². The Hall–Kier alpha value is -4.44. The molecule has 10 nitrogen and oxygen atoms in total. The molecule has 2 aromatic carbocycles. The molecule has 10 heteroatoms. The van der Waals surface area contributed by atoms with Crippen molar-refractivity contribution in [2.24, 2.45) is 7.05 Å². The number of aromatic nitrogens is 4. The summed E-state index contributed by atoms with van der Waals surface area (Å²) in [6.45, 7) is 5.35. The number of amides is 1. The first-order chi connectivity index (χ1) is 18.4. The van der Waals surface area contributed by atoms with E-state index in [4.69, 9.17) is 4.74 Å². The summed E-state index contributed by atoms with van der Waals surface area (Å²) < 4.78 is 7.60. The zero-order chi connectivity index (χ0) is 26.8. The fourth-order valence-corrected chi connectivity index (χ4v) is 4.81. The highest BCUT2D eigenvalue weighted by Gasteiger charge is 2.27. The molecule has 38 heavy (non-hydrogen) atoms. The van der Waals surface area contributed by atoms with E-state index in [0.717, 1.165) is 47.4 Å². The monoisotopic (exact) mass is 512 g/mol. The number of methoxy groups -OCH3 is 1. The number of rotatable bonds is 8. The molecule has 1 amide bonds. The maximum atomic E-state index is 12.3. The molecular weight excluding hydrogens is 480 g/mol. The van der Waals surface area contributed by atoms with E-state index in [1.54, 1.807) is 7.11 Å². The summed E-state index contributed by atoms with van der Waals surface area (Å²) in [4.78, 5) is 25.7. The molecule has 0 aliphatic carbocycles. The van der Waals surface area contributed by atoms with E-state index < -0.39 is 0 Å². The molecular formula is C28H32N8O2. The minimum absolute atomic E-state index is 0.277. The number of carbonyl (C=O) groups excluding carboxylic acids is 1. The van der Waals surface area contributed by atoms with Gasteiger partial charge in [0.05, 0.1) is 41.6 Å². The van der Waals surface area contributed by atoms with E-state index in [-0.39, 0.29) is 5.91 Å². The van der Waals surface area contributed by atoms with Crippen molar-refractivity contribution >= 4 is 39.7 Å². The molecule has 5 rings (SSSR count). The second-order valence-corrected chi connectivity index (χ2v) is 9.57. The molecule has 1 unspecified atom stereocenters. The third-order valence-electron chi connectivity index (χ3n) is 6.97. The number of likely N-dealkylation sites (N-methyl/N-ethyl adjacent to an activating group) is 1. The molecule has 0 saturated carbocycles. The first-order valence-electron chi connectivity index (χ1n) is 12.4. The maximum absolute atomic E-state index is 12.3. The van der Waals surface area contributed by atoms with E-state index >= 15 is 0 Å². The number of hydrogen-bond acceptors (Lipinski definition) is 8. The summed E-state index contributed by atoms with van der Waals surface area (Å²) >= 11 is 0. The first-order valence-corrected chi connectivity index (χ1v) is 12.4. The van der Waals surface area contributed by atoms with Gasteiger partial charge in [0.2, 0.25) is 5.91 Å². The zero-order valence-electron chi connectivity index (χ0n) is 22.1. The van der Waals surface area contributed by atoms with Crippen molar-refractivity contribution < 1.29 is 9.53 Å². The lowest BCUT2D eigenvalue weighted by Gasteiger charge is -2.25. The van der Waals surface area contributed by atoms with Gasteiger partial charge in [0, 0.05) is 49.3 Å². The van der Waals surface area contributed by atoms with Crippen LogP contribution in [0.1, 0.15) is 6.42 Å². The summed E-state index contributed by atoms with van der Waals surface area (Å²) in [5.41, 5.74) is 5.04. The molecule has 2 N–H and O–H groups in total. The number of hydrogen-bond donors (Lipinski definition) is 2. The Morgan fingerprint density at radius 2 is 2.03 bits per heavy atom. The van der Waals surface area contributed by atoms with Gasteiger partial charge in [-0.2, -0.15) is 5.10 Å². The topological polar surface area (TPSA) is 100 Å². The standard InChI is InChI=1S/C28H32N8O2/c1-6-28(37)33-22-12-23(26(38-5)14-25(22)36-10-9-20(16-36)34(2)3)32-27-13-21(29-17-30-27)18-7-8-24-19(11-18)15-31-35(24)4/h6-8,11-15,17,20H,1,9-10,16H2,2-5H3,(H,33,37)(H,29,30,32). The number of nitrogens with zero attached hydrogens (tertiary/aromatic N) is 6. The van der Waals surface area contributed by atoms with Crippen LogP contribution >= 0.6 is 0 Å². The molecule has 196 valence electrons. The molecule has 1 aliphatic heterocycles. The Balaban J connectivity index is 1.48. The molecule has 2 aromatic heterocycles. The number of benzene rings is 2. The van der Waals surface area contributed by atoms with Gasteiger partial charge in [-0.3, -0.25) is 9.48 Å². The van der Waals surface area contributed by atoms with Crippen molar-refractivity contribution in [2.75, 3.05) is 49.8 Å². The summed E-state index contributed by atoms with van der Waals surface area (Å²) in [6.07, 6.45) is 5.67. The molecule has 0 bridgehead atoms. The summed E-state index contributed by atoms with van der Waals surface area (Å²) in [6, 6.07) is 12.3. The van der Waals surface area contributed by atoms with Gasteiger partial charge in [0.25, 0.3) is 0 Å². The Kier molecular flexibility index (Phi) is 6.97. The predicted molar refractivity (Wildman–Crippen MR) is 151 cm³/mol. The van der Waals surface area contributed by atoms with Crippen molar-refractivity contribution in [3.63, 3.8) is 0 Å². The predicted octanol–water partition coefficient (Wildman–Crippen LogP) is 4.05. The Bertz CT molecular complexity index is 1500. The molecule has 1 fully saturated rings. The average molecular weight is 513 g/mol. The third kappa shape index (κ3) is 5.03. The van der Waals surface area contributed by atoms with Crippen molar-refractivity contribution in [1.82, 2.24) is 24.6 Å². The van der Waals surface area contributed by atoms with Crippen LogP contribution in [-0.4, -0.2) is 70.9 Å². The number of aryl methyl sites for hydroxylation is 1. The van der Waals surface area contributed by atoms with Crippen molar-refractivity contribution in [2.45, 2.75) is 12.5 Å². The van der Waals surface area contributed by atoms with Crippen LogP contribution in [0.3, 0.4) is 0 Å². The van der Waals surface area contributed by atoms with Crippen molar-refractivity contribution in [3.05, 3.63) is 61.6 Å². The number of fused-ring (bicyclic) bond motifs is 1. The lowest BCUT2D eigenvalue weighted by atomic mass is 10.1. The van der Waals surface area contributed by atoms with Gasteiger partial charge in [-0.15, -0.1) is 0 Å². The summed E-state index contributed by atoms with van der Waals surface area (Å²) in [5.74, 6) is 0.963. The Labute approximate surface area is 221 Å². The fraction of sp³-hybridized carbons (Fsp3) is 0.286. The van der Waals surface area contributed by atoms with Gasteiger partial charge < -0.3 is 25.2 Å². The molecule has 0 radical (unpaired) electrons. The van der Waals surface area contributed by atoms with E-state index in [0.29, 0.717) is 29.0 Å². The minimum Gasteiger partial charge on any atom is -0.494 e. The molecule has 1 aliphatic rings. The zero-order valence-corrected chi connectivity index (χ0v) is 22.1. The molecule has 1 saturated heterocycles. The van der Waals surface area contributed by atoms with E-state index in [1.165, 1.54) is 12.4 Å². The number of ether oxygens (including phenoxy) is 1. The fourth-order valence-electron chi connectivity index (χ4n) is 4.81. The Morgan fingerprint density at radius 3 is 2.76 bits per heavy atom. The average Bonchev–Trinajstić information content (AvgIpc) is 3.56. The summed E-state index contributed by atoms with van der Waals surface area (Å²) in [5, 5.41) is 11.7. The molecule has 3 heterocycles. The van der Waals surface area contributed by atoms with Crippen LogP contribution in [0.25, 0.3) is 22.2 Å². The molecule has 4 aromatic rings. The third-order valence-corrected chi connectivity index (χ3v) is 6.97. The van der Waals surface area contributed by atoms with Gasteiger partial charge in [0.15, 0.2) is 0 Å². The lowest BCUT2D eigenvalue weighted by Crippen LogP contribution is -2.31. The van der Waals surface area contributed by atoms with Crippen molar-refractivity contribution in [1.29, 1.82) is 0 Å². The highest BCUT2D eigenvalue weighted by atomic mass is 16.5. The van der Waals surface area contributed by atoms with E-state index in [9.17, 15) is 4.79 Å². The van der Waals surface area contributed by atoms with E-state index in [2.05, 4.69) is 62.2 Å². The minimum atomic E-state index is -0.277. The van der Waals surface area contributed by atoms with Crippen LogP contribution in [0.4, 0.5) is 22.9 Å². The van der Waals surface area contributed by atoms with Crippen LogP contribution in [0, 0.1) is 0 Å². The van der Waals surface area contributed by atoms with Crippen LogP contribution in [0.2, 0.25) is 0 Å². The summed E-state index contributed by atoms with van der Waals surface area (Å²) in [7, 11) is 7.73. The lowest BCUT2D eigenvalue weighted by molar-refractivity contribution is -0.111. The van der Waals surface area contributed by atoms with Crippen molar-refractivity contribution in [3.8, 4) is 17.0 Å². The van der Waals surface area contributed by atoms with Crippen LogP contribution in [0.5, 0.6) is 5.75 Å². The molecule has 1 atom stereocenters. The second-order valence-electron chi connectivity index (χ2n) is 9.57. The SMILES string of the molecule is C=CC(=O)Nc1cc(Nc2cc(-c3ccc4c(cnn4C)c3)ncn2)c(OC)cc1N1CCC(N(C)C)C1. The largest absolute Gasteiger partial charge is 0.494 e. The smallest absolute Gasteiger partial charge is 0.247 e. The maximum Gasteiger partial charge on any atom is 0.247 e. The quantitative estimate of drug-likeness (QED) is 0.341. The van der Waals surface area contributed by atoms with Gasteiger partial charge in [-0.05, 0) is 44.8 Å². The number of nitrogens with one attached hydrogen (secondary N) is 2. The van der Waals surface area contributed by atoms with Gasteiger partial charge in [-0.25, -0.2) is 9.97 Å². The highest BCUT2D eigenvalue weighted by Crippen LogP contribution is 2.40. The first kappa shape index (κ1) is 25.2. The van der Waals surface area contributed by atoms with Gasteiger partial charge in [0.1, 0.15) is 17.9 Å².